The maximum absolute atomic E-state index is 11.8. The molecule has 2 N–H and O–H groups in total. The lowest BCUT2D eigenvalue weighted by molar-refractivity contribution is 0.0696. The van der Waals surface area contributed by atoms with E-state index >= 15 is 0 Å². The summed E-state index contributed by atoms with van der Waals surface area (Å²) in [4.78, 5) is 22.8. The molecule has 22 heavy (non-hydrogen) atoms. The van der Waals surface area contributed by atoms with Gasteiger partial charge in [0.15, 0.2) is 0 Å². The summed E-state index contributed by atoms with van der Waals surface area (Å²) in [6.07, 6.45) is -0.701. The zero-order chi connectivity index (χ0) is 16.1. The Hall–Kier alpha value is -2.53. The minimum Gasteiger partial charge on any atom is -0.478 e. The highest BCUT2D eigenvalue weighted by Gasteiger charge is 2.13. The van der Waals surface area contributed by atoms with Gasteiger partial charge in [-0.05, 0) is 30.2 Å². The van der Waals surface area contributed by atoms with Crippen molar-refractivity contribution < 1.29 is 19.4 Å². The van der Waals surface area contributed by atoms with Crippen LogP contribution in [0.15, 0.2) is 42.5 Å². The van der Waals surface area contributed by atoms with Gasteiger partial charge >= 0.3 is 12.1 Å². The van der Waals surface area contributed by atoms with Gasteiger partial charge in [-0.3, -0.25) is 5.32 Å². The van der Waals surface area contributed by atoms with Gasteiger partial charge in [-0.2, -0.15) is 0 Å². The van der Waals surface area contributed by atoms with Gasteiger partial charge in [0, 0.05) is 0 Å². The molecule has 1 amide bonds. The number of hydrogen-bond donors (Lipinski definition) is 2. The second-order valence-corrected chi connectivity index (χ2v) is 5.02. The first-order valence-electron chi connectivity index (χ1n) is 6.48. The van der Waals surface area contributed by atoms with E-state index in [0.717, 1.165) is 5.56 Å². The summed E-state index contributed by atoms with van der Waals surface area (Å²) in [6, 6.07) is 11.9. The number of carbonyl (C=O) groups is 2. The minimum atomic E-state index is -1.10. The number of aryl methyl sites for hydroxylation is 1. The van der Waals surface area contributed by atoms with Gasteiger partial charge in [0.2, 0.25) is 0 Å². The van der Waals surface area contributed by atoms with Crippen LogP contribution in [-0.4, -0.2) is 17.2 Å². The fourth-order valence-corrected chi connectivity index (χ4v) is 2.01. The lowest BCUT2D eigenvalue weighted by Crippen LogP contribution is -2.14. The number of carbonyl (C=O) groups excluding carboxylic acids is 1. The van der Waals surface area contributed by atoms with E-state index in [1.165, 1.54) is 12.1 Å². The number of amides is 1. The molecule has 0 aliphatic heterocycles. The fraction of sp³-hybridized carbons (Fsp3) is 0.125. The Bertz CT molecular complexity index is 701. The molecule has 0 saturated carbocycles. The normalized spacial score (nSPS) is 10.1. The van der Waals surface area contributed by atoms with E-state index in [2.05, 4.69) is 5.32 Å². The number of carboxylic acids is 1. The van der Waals surface area contributed by atoms with E-state index < -0.39 is 12.1 Å². The van der Waals surface area contributed by atoms with Gasteiger partial charge in [-0.25, -0.2) is 9.59 Å². The highest BCUT2D eigenvalue weighted by atomic mass is 35.5. The standard InChI is InChI=1S/C16H14ClNO4/c1-10-7-12(15(19)20)8-13(14(10)17)18-16(21)22-9-11-5-3-2-4-6-11/h2-8H,9H2,1H3,(H,18,21)(H,19,20). The third kappa shape index (κ3) is 3.99. The Balaban J connectivity index is 2.06. The van der Waals surface area contributed by atoms with Crippen molar-refractivity contribution in [1.29, 1.82) is 0 Å². The first-order valence-corrected chi connectivity index (χ1v) is 6.86. The van der Waals surface area contributed by atoms with Crippen LogP contribution < -0.4 is 5.32 Å². The van der Waals surface area contributed by atoms with Crippen molar-refractivity contribution in [1.82, 2.24) is 0 Å². The number of hydrogen-bond acceptors (Lipinski definition) is 3. The van der Waals surface area contributed by atoms with Crippen molar-refractivity contribution in [2.24, 2.45) is 0 Å². The molecule has 0 saturated heterocycles. The quantitative estimate of drug-likeness (QED) is 0.889. The number of rotatable bonds is 4. The molecule has 114 valence electrons. The van der Waals surface area contributed by atoms with Crippen LogP contribution in [0.25, 0.3) is 0 Å². The van der Waals surface area contributed by atoms with Crippen molar-refractivity contribution in [3.05, 3.63) is 64.2 Å². The van der Waals surface area contributed by atoms with Crippen LogP contribution >= 0.6 is 11.6 Å². The number of halogens is 1. The Kier molecular flexibility index (Phi) is 5.01. The fourth-order valence-electron chi connectivity index (χ4n) is 1.85. The van der Waals surface area contributed by atoms with Crippen LogP contribution in [0.3, 0.4) is 0 Å². The number of anilines is 1. The zero-order valence-corrected chi connectivity index (χ0v) is 12.6. The lowest BCUT2D eigenvalue weighted by atomic mass is 10.1. The summed E-state index contributed by atoms with van der Waals surface area (Å²) in [7, 11) is 0. The molecular weight excluding hydrogens is 306 g/mol. The molecule has 2 rings (SSSR count). The van der Waals surface area contributed by atoms with Crippen LogP contribution in [0.5, 0.6) is 0 Å². The number of nitrogens with one attached hydrogen (secondary N) is 1. The summed E-state index contributed by atoms with van der Waals surface area (Å²) >= 11 is 6.07. The minimum absolute atomic E-state index is 0.0419. The third-order valence-electron chi connectivity index (χ3n) is 2.95. The van der Waals surface area contributed by atoms with Gasteiger partial charge < -0.3 is 9.84 Å². The number of benzene rings is 2. The van der Waals surface area contributed by atoms with Gasteiger partial charge in [0.1, 0.15) is 6.61 Å². The summed E-state index contributed by atoms with van der Waals surface area (Å²) in [5.41, 5.74) is 1.65. The highest BCUT2D eigenvalue weighted by molar-refractivity contribution is 6.34. The lowest BCUT2D eigenvalue weighted by Gasteiger charge is -2.11. The first kappa shape index (κ1) is 15.9. The van der Waals surface area contributed by atoms with Gasteiger partial charge in [-0.1, -0.05) is 41.9 Å². The van der Waals surface area contributed by atoms with Crippen LogP contribution in [0.2, 0.25) is 5.02 Å². The van der Waals surface area contributed by atoms with E-state index in [1.807, 2.05) is 30.3 Å². The number of ether oxygens (including phenoxy) is 1. The monoisotopic (exact) mass is 319 g/mol. The Labute approximate surface area is 132 Å². The van der Waals surface area contributed by atoms with E-state index in [9.17, 15) is 9.59 Å². The van der Waals surface area contributed by atoms with Crippen molar-refractivity contribution in [3.63, 3.8) is 0 Å². The molecule has 0 unspecified atom stereocenters. The van der Waals surface area contributed by atoms with Gasteiger partial charge in [-0.15, -0.1) is 0 Å². The molecular formula is C16H14ClNO4. The Morgan fingerprint density at radius 3 is 2.55 bits per heavy atom. The predicted molar refractivity (Wildman–Crippen MR) is 83.4 cm³/mol. The van der Waals surface area contributed by atoms with Crippen LogP contribution in [0.1, 0.15) is 21.5 Å². The van der Waals surface area contributed by atoms with Gasteiger partial charge in [0.05, 0.1) is 16.3 Å². The Morgan fingerprint density at radius 1 is 1.23 bits per heavy atom. The van der Waals surface area contributed by atoms with Crippen molar-refractivity contribution in [2.75, 3.05) is 5.32 Å². The molecule has 0 aromatic heterocycles. The van der Waals surface area contributed by atoms with Crippen molar-refractivity contribution in [2.45, 2.75) is 13.5 Å². The average molecular weight is 320 g/mol. The molecule has 6 heteroatoms. The predicted octanol–water partition coefficient (Wildman–Crippen LogP) is 4.10. The maximum Gasteiger partial charge on any atom is 0.412 e. The molecule has 0 fully saturated rings. The van der Waals surface area contributed by atoms with Crippen molar-refractivity contribution >= 4 is 29.4 Å². The second-order valence-electron chi connectivity index (χ2n) is 4.65. The van der Waals surface area contributed by atoms with E-state index in [4.69, 9.17) is 21.4 Å². The third-order valence-corrected chi connectivity index (χ3v) is 3.45. The molecule has 0 spiro atoms. The highest BCUT2D eigenvalue weighted by Crippen LogP contribution is 2.27. The van der Waals surface area contributed by atoms with Gasteiger partial charge in [0.25, 0.3) is 0 Å². The van der Waals surface area contributed by atoms with Crippen LogP contribution in [-0.2, 0) is 11.3 Å². The molecule has 2 aromatic carbocycles. The topological polar surface area (TPSA) is 75.6 Å². The van der Waals surface area contributed by atoms with E-state index in [1.54, 1.807) is 6.92 Å². The summed E-state index contributed by atoms with van der Waals surface area (Å²) in [6.45, 7) is 1.77. The number of aromatic carboxylic acids is 1. The molecule has 5 nitrogen and oxygen atoms in total. The van der Waals surface area contributed by atoms with Crippen LogP contribution in [0.4, 0.5) is 10.5 Å². The molecule has 0 aliphatic carbocycles. The molecule has 0 radical (unpaired) electrons. The summed E-state index contributed by atoms with van der Waals surface area (Å²) in [5, 5.41) is 11.8. The molecule has 0 bridgehead atoms. The molecule has 2 aromatic rings. The SMILES string of the molecule is Cc1cc(C(=O)O)cc(NC(=O)OCc2ccccc2)c1Cl. The van der Waals surface area contributed by atoms with Crippen LogP contribution in [0, 0.1) is 6.92 Å². The average Bonchev–Trinajstić information content (AvgIpc) is 2.50. The smallest absolute Gasteiger partial charge is 0.412 e. The Morgan fingerprint density at radius 2 is 1.91 bits per heavy atom. The number of carboxylic acid groups (broad SMARTS) is 1. The summed E-state index contributed by atoms with van der Waals surface area (Å²) in [5.74, 6) is -1.10. The largest absolute Gasteiger partial charge is 0.478 e. The zero-order valence-electron chi connectivity index (χ0n) is 11.8. The van der Waals surface area contributed by atoms with Crippen molar-refractivity contribution in [3.8, 4) is 0 Å². The summed E-state index contributed by atoms with van der Waals surface area (Å²) < 4.78 is 5.07. The molecule has 0 atom stereocenters. The molecule has 0 aliphatic rings. The van der Waals surface area contributed by atoms with E-state index in [0.29, 0.717) is 5.56 Å². The maximum atomic E-state index is 11.8. The van der Waals surface area contributed by atoms with E-state index in [-0.39, 0.29) is 22.9 Å². The second kappa shape index (κ2) is 6.95. The first-order chi connectivity index (χ1) is 10.5. The molecule has 0 heterocycles.